The molecule has 0 N–H and O–H groups in total. The number of ether oxygens (including phenoxy) is 1. The first-order valence-corrected chi connectivity index (χ1v) is 4.56. The first-order valence-electron chi connectivity index (χ1n) is 4.56. The Balaban J connectivity index is 3.76. The van der Waals surface area contributed by atoms with Crippen molar-refractivity contribution in [3.63, 3.8) is 0 Å². The summed E-state index contributed by atoms with van der Waals surface area (Å²) in [6.07, 6.45) is 0. The van der Waals surface area contributed by atoms with Gasteiger partial charge in [0.15, 0.2) is 14.8 Å². The van der Waals surface area contributed by atoms with E-state index in [0.717, 1.165) is 19.2 Å². The van der Waals surface area contributed by atoms with Crippen molar-refractivity contribution >= 4 is 0 Å². The average molecular weight is 275 g/mol. The first kappa shape index (κ1) is 14.2. The van der Waals surface area contributed by atoms with Gasteiger partial charge in [0.05, 0.1) is 7.11 Å². The molecule has 0 unspecified atom stereocenters. The fraction of sp³-hybridized carbons (Fsp3) is 0.250. The molecule has 1 rings (SSSR count). The molecule has 0 radical (unpaired) electrons. The van der Waals surface area contributed by atoms with Crippen molar-refractivity contribution in [1.29, 1.82) is 0 Å². The molecule has 0 saturated carbocycles. The minimum absolute atomic E-state index is 0.327. The summed E-state index contributed by atoms with van der Waals surface area (Å²) in [4.78, 5) is 27.3. The molecule has 1 aromatic carbocycles. The van der Waals surface area contributed by atoms with Crippen LogP contribution in [0.2, 0.25) is 0 Å². The van der Waals surface area contributed by atoms with E-state index in [2.05, 4.69) is 4.74 Å². The summed E-state index contributed by atoms with van der Waals surface area (Å²) < 4.78 is 17.7. The summed E-state index contributed by atoms with van der Waals surface area (Å²) in [5, 5.41) is 32.5. The Morgan fingerprint density at radius 3 is 1.95 bits per heavy atom. The molecule has 102 valence electrons. The van der Waals surface area contributed by atoms with E-state index >= 15 is 0 Å². The molecule has 10 nitrogen and oxygen atoms in total. The van der Waals surface area contributed by atoms with Crippen LogP contribution < -0.4 is 4.74 Å². The van der Waals surface area contributed by atoms with Gasteiger partial charge in [0, 0.05) is 6.07 Å². The molecule has 1 aromatic rings. The first-order chi connectivity index (χ1) is 8.78. The van der Waals surface area contributed by atoms with E-state index in [4.69, 9.17) is 0 Å². The predicted octanol–water partition coefficient (Wildman–Crippen LogP) is 0.775. The molecule has 0 aliphatic carbocycles. The van der Waals surface area contributed by atoms with Crippen molar-refractivity contribution in [3.8, 4) is 5.75 Å². The third kappa shape index (κ3) is 2.00. The third-order valence-electron chi connectivity index (χ3n) is 2.29. The van der Waals surface area contributed by atoms with E-state index in [1.807, 2.05) is 0 Å². The Labute approximate surface area is 103 Å². The molecule has 0 saturated heterocycles. The van der Waals surface area contributed by atoms with Crippen LogP contribution >= 0.6 is 0 Å². The van der Waals surface area contributed by atoms with Gasteiger partial charge in [-0.05, 0) is 12.1 Å². The van der Waals surface area contributed by atoms with Crippen LogP contribution in [0.25, 0.3) is 0 Å². The quantitative estimate of drug-likeness (QED) is 0.439. The van der Waals surface area contributed by atoms with Crippen molar-refractivity contribution in [1.82, 2.24) is 0 Å². The van der Waals surface area contributed by atoms with E-state index in [9.17, 15) is 34.7 Å². The molecule has 0 aliphatic rings. The molecule has 0 atom stereocenters. The van der Waals surface area contributed by atoms with Gasteiger partial charge in [-0.25, -0.2) is 4.39 Å². The van der Waals surface area contributed by atoms with Crippen molar-refractivity contribution in [3.05, 3.63) is 59.9 Å². The fourth-order valence-electron chi connectivity index (χ4n) is 1.44. The third-order valence-corrected chi connectivity index (χ3v) is 2.29. The van der Waals surface area contributed by atoms with Crippen LogP contribution in [0.5, 0.6) is 5.75 Å². The topological polar surface area (TPSA) is 139 Å². The highest BCUT2D eigenvalue weighted by Gasteiger charge is 2.74. The summed E-state index contributed by atoms with van der Waals surface area (Å²) in [5.41, 5.74) is -1.10. The minimum atomic E-state index is -3.92. The van der Waals surface area contributed by atoms with Gasteiger partial charge in [0.2, 0.25) is 5.56 Å². The van der Waals surface area contributed by atoms with Gasteiger partial charge in [-0.2, -0.15) is 0 Å². The number of nitrogens with zero attached hydrogens (tertiary/aromatic N) is 3. The van der Waals surface area contributed by atoms with E-state index < -0.39 is 37.7 Å². The highest BCUT2D eigenvalue weighted by Crippen LogP contribution is 2.34. The van der Waals surface area contributed by atoms with Gasteiger partial charge in [-0.15, -0.1) is 0 Å². The summed E-state index contributed by atoms with van der Waals surface area (Å²) in [6, 6.07) is 1.95. The number of nitro groups is 3. The zero-order valence-corrected chi connectivity index (χ0v) is 9.31. The molecule has 0 fully saturated rings. The smallest absolute Gasteiger partial charge is 0.496 e. The normalized spacial score (nSPS) is 10.8. The summed E-state index contributed by atoms with van der Waals surface area (Å²) in [5.74, 6) is -5.56. The number of rotatable bonds is 5. The molecule has 0 aliphatic heterocycles. The lowest BCUT2D eigenvalue weighted by Crippen LogP contribution is -2.50. The maximum atomic E-state index is 13.1. The average Bonchev–Trinajstić information content (AvgIpc) is 2.28. The molecule has 0 aromatic heterocycles. The van der Waals surface area contributed by atoms with E-state index in [1.54, 1.807) is 0 Å². The Morgan fingerprint density at radius 2 is 1.58 bits per heavy atom. The number of hydrogen-bond acceptors (Lipinski definition) is 7. The lowest BCUT2D eigenvalue weighted by atomic mass is 10.1. The Kier molecular flexibility index (Phi) is 3.59. The number of benzene rings is 1. The van der Waals surface area contributed by atoms with Crippen molar-refractivity contribution < 1.29 is 23.9 Å². The number of methoxy groups -OCH3 is 1. The van der Waals surface area contributed by atoms with E-state index in [-0.39, 0.29) is 0 Å². The number of hydrogen-bond donors (Lipinski definition) is 0. The van der Waals surface area contributed by atoms with E-state index in [0.29, 0.717) is 6.07 Å². The van der Waals surface area contributed by atoms with Crippen LogP contribution in [0.3, 0.4) is 0 Å². The zero-order chi connectivity index (χ0) is 14.8. The Morgan fingerprint density at radius 1 is 1.11 bits per heavy atom. The van der Waals surface area contributed by atoms with Crippen LogP contribution in [0.1, 0.15) is 5.56 Å². The highest BCUT2D eigenvalue weighted by atomic mass is 19.1. The van der Waals surface area contributed by atoms with Crippen LogP contribution in [-0.2, 0) is 5.79 Å². The molecular weight excluding hydrogens is 269 g/mol. The Hall–Kier alpha value is -2.85. The standard InChI is InChI=1S/C8H6FN3O7/c1-19-7-3-2-5(9)4-6(7)8(10(13)14,11(15)16)12(17)18/h2-4H,1H3. The lowest BCUT2D eigenvalue weighted by molar-refractivity contribution is -0.986. The molecule has 0 spiro atoms. The lowest BCUT2D eigenvalue weighted by Gasteiger charge is -2.11. The maximum absolute atomic E-state index is 13.1. The maximum Gasteiger partial charge on any atom is 0.732 e. The molecule has 0 heterocycles. The van der Waals surface area contributed by atoms with Crippen molar-refractivity contribution in [2.24, 2.45) is 0 Å². The van der Waals surface area contributed by atoms with Gasteiger partial charge in [-0.1, -0.05) is 0 Å². The molecule has 0 amide bonds. The van der Waals surface area contributed by atoms with Crippen LogP contribution in [0.4, 0.5) is 4.39 Å². The molecule has 0 bridgehead atoms. The fourth-order valence-corrected chi connectivity index (χ4v) is 1.44. The zero-order valence-electron chi connectivity index (χ0n) is 9.31. The molecular formula is C8H6FN3O7. The monoisotopic (exact) mass is 275 g/mol. The highest BCUT2D eigenvalue weighted by molar-refractivity contribution is 5.35. The largest absolute Gasteiger partial charge is 0.732 e. The van der Waals surface area contributed by atoms with Crippen molar-refractivity contribution in [2.75, 3.05) is 7.11 Å². The second-order valence-corrected chi connectivity index (χ2v) is 3.25. The van der Waals surface area contributed by atoms with Gasteiger partial charge < -0.3 is 4.74 Å². The Bertz CT molecular complexity index is 525. The molecule has 19 heavy (non-hydrogen) atoms. The van der Waals surface area contributed by atoms with Gasteiger partial charge >= 0.3 is 5.79 Å². The van der Waals surface area contributed by atoms with E-state index in [1.165, 1.54) is 0 Å². The second-order valence-electron chi connectivity index (χ2n) is 3.25. The van der Waals surface area contributed by atoms with Crippen molar-refractivity contribution in [2.45, 2.75) is 5.79 Å². The summed E-state index contributed by atoms with van der Waals surface area (Å²) in [7, 11) is 0.987. The van der Waals surface area contributed by atoms with Crippen LogP contribution in [0, 0.1) is 36.2 Å². The number of halogens is 1. The summed E-state index contributed by atoms with van der Waals surface area (Å²) >= 11 is 0. The molecule has 11 heteroatoms. The van der Waals surface area contributed by atoms with Gasteiger partial charge in [0.1, 0.15) is 11.6 Å². The predicted molar refractivity (Wildman–Crippen MR) is 55.6 cm³/mol. The second kappa shape index (κ2) is 4.80. The van der Waals surface area contributed by atoms with Crippen LogP contribution in [-0.4, -0.2) is 21.9 Å². The van der Waals surface area contributed by atoms with Gasteiger partial charge in [-0.3, -0.25) is 30.3 Å². The minimum Gasteiger partial charge on any atom is -0.496 e. The summed E-state index contributed by atoms with van der Waals surface area (Å²) in [6.45, 7) is 0. The van der Waals surface area contributed by atoms with Gasteiger partial charge in [0.25, 0.3) is 0 Å². The van der Waals surface area contributed by atoms with Crippen LogP contribution in [0.15, 0.2) is 18.2 Å². The SMILES string of the molecule is COc1ccc(F)cc1C([N+](=O)[O-])([N+](=O)[O-])[N+](=O)[O-].